The molecule has 0 aliphatic heterocycles. The molecule has 0 saturated carbocycles. The van der Waals surface area contributed by atoms with Crippen molar-refractivity contribution in [3.8, 4) is 0 Å². The van der Waals surface area contributed by atoms with E-state index in [-0.39, 0.29) is 22.2 Å². The fraction of sp³-hybridized carbons (Fsp3) is 0.417. The van der Waals surface area contributed by atoms with Crippen molar-refractivity contribution in [1.82, 2.24) is 4.90 Å². The molecule has 0 spiro atoms. The van der Waals surface area contributed by atoms with E-state index in [1.165, 1.54) is 18.2 Å². The second-order valence-corrected chi connectivity index (χ2v) is 5.20. The number of nitro groups is 1. The van der Waals surface area contributed by atoms with Gasteiger partial charge in [-0.2, -0.15) is 0 Å². The molecule has 0 aromatic heterocycles. The molecule has 0 unspecified atom stereocenters. The minimum Gasteiger partial charge on any atom is -0.342 e. The molecule has 0 saturated heterocycles. The number of rotatable bonds is 6. The Morgan fingerprint density at radius 2 is 1.89 bits per heavy atom. The molecule has 0 N–H and O–H groups in total. The van der Waals surface area contributed by atoms with Crippen LogP contribution in [0.1, 0.15) is 13.8 Å². The van der Waals surface area contributed by atoms with E-state index in [4.69, 9.17) is 0 Å². The maximum atomic E-state index is 12.1. The Balaban J connectivity index is 2.90. The minimum absolute atomic E-state index is 0.0907. The lowest BCUT2D eigenvalue weighted by Gasteiger charge is -2.18. The van der Waals surface area contributed by atoms with Gasteiger partial charge in [0.15, 0.2) is 0 Å². The molecular formula is C12H16N2O4S. The molecule has 0 aliphatic rings. The molecule has 0 fully saturated rings. The zero-order valence-electron chi connectivity index (χ0n) is 10.9. The summed E-state index contributed by atoms with van der Waals surface area (Å²) in [6, 6.07) is 5.78. The van der Waals surface area contributed by atoms with E-state index in [9.17, 15) is 19.1 Å². The number of carbonyl (C=O) groups excluding carboxylic acids is 1. The van der Waals surface area contributed by atoms with E-state index in [2.05, 4.69) is 0 Å². The highest BCUT2D eigenvalue weighted by atomic mass is 32.2. The van der Waals surface area contributed by atoms with Crippen LogP contribution in [-0.4, -0.2) is 38.8 Å². The summed E-state index contributed by atoms with van der Waals surface area (Å²) in [6.07, 6.45) is 0. The van der Waals surface area contributed by atoms with Gasteiger partial charge in [0.2, 0.25) is 5.91 Å². The van der Waals surface area contributed by atoms with Gasteiger partial charge in [0.05, 0.1) is 15.7 Å². The first-order valence-corrected chi connectivity index (χ1v) is 7.22. The van der Waals surface area contributed by atoms with Crippen molar-refractivity contribution in [1.29, 1.82) is 0 Å². The van der Waals surface area contributed by atoms with Crippen LogP contribution in [0.2, 0.25) is 0 Å². The number of carbonyl (C=O) groups is 1. The van der Waals surface area contributed by atoms with E-state index in [1.54, 1.807) is 11.0 Å². The topological polar surface area (TPSA) is 80.5 Å². The number of hydrogen-bond donors (Lipinski definition) is 0. The molecule has 0 aliphatic carbocycles. The second kappa shape index (κ2) is 6.98. The number of para-hydroxylation sites is 1. The first-order valence-electron chi connectivity index (χ1n) is 5.90. The Labute approximate surface area is 114 Å². The van der Waals surface area contributed by atoms with Crippen molar-refractivity contribution < 1.29 is 13.9 Å². The van der Waals surface area contributed by atoms with E-state index in [1.807, 2.05) is 13.8 Å². The van der Waals surface area contributed by atoms with E-state index in [0.717, 1.165) is 0 Å². The Hall–Kier alpha value is -1.76. The summed E-state index contributed by atoms with van der Waals surface area (Å²) in [6.45, 7) is 4.72. The summed E-state index contributed by atoms with van der Waals surface area (Å²) >= 11 is 0. The number of nitro benzene ring substituents is 1. The molecule has 0 radical (unpaired) electrons. The highest BCUT2D eigenvalue weighted by Gasteiger charge is 2.21. The summed E-state index contributed by atoms with van der Waals surface area (Å²) < 4.78 is 12.1. The molecule has 6 nitrogen and oxygen atoms in total. The lowest BCUT2D eigenvalue weighted by atomic mass is 10.3. The third kappa shape index (κ3) is 3.85. The Morgan fingerprint density at radius 3 is 2.42 bits per heavy atom. The number of amides is 1. The molecular weight excluding hydrogens is 268 g/mol. The molecule has 1 aromatic carbocycles. The van der Waals surface area contributed by atoms with Crippen molar-refractivity contribution in [2.75, 3.05) is 18.8 Å². The molecule has 7 heteroatoms. The first kappa shape index (κ1) is 15.3. The van der Waals surface area contributed by atoms with Crippen molar-refractivity contribution >= 4 is 22.4 Å². The Kier molecular flexibility index (Phi) is 5.62. The SMILES string of the molecule is CCN(CC)C(=O)C[S@@](=O)c1ccccc1[N+](=O)[O-]. The van der Waals surface area contributed by atoms with Crippen molar-refractivity contribution in [3.63, 3.8) is 0 Å². The number of nitrogens with zero attached hydrogens (tertiary/aromatic N) is 2. The quantitative estimate of drug-likeness (QED) is 0.586. The van der Waals surface area contributed by atoms with Crippen LogP contribution in [0.15, 0.2) is 29.2 Å². The zero-order valence-corrected chi connectivity index (χ0v) is 11.7. The second-order valence-electron chi connectivity index (χ2n) is 3.78. The monoisotopic (exact) mass is 284 g/mol. The zero-order chi connectivity index (χ0) is 14.4. The first-order chi connectivity index (χ1) is 9.01. The standard InChI is InChI=1S/C12H16N2O4S/c1-3-13(4-2)12(15)9-19(18)11-8-6-5-7-10(11)14(16)17/h5-8H,3-4,9H2,1-2H3/t19-/m1/s1. The fourth-order valence-corrected chi connectivity index (χ4v) is 2.83. The fourth-order valence-electron chi connectivity index (χ4n) is 1.66. The minimum atomic E-state index is -1.70. The van der Waals surface area contributed by atoms with Crippen molar-refractivity contribution in [3.05, 3.63) is 34.4 Å². The van der Waals surface area contributed by atoms with E-state index in [0.29, 0.717) is 13.1 Å². The van der Waals surface area contributed by atoms with Gasteiger partial charge in [-0.1, -0.05) is 12.1 Å². The van der Waals surface area contributed by atoms with Crippen LogP contribution in [0, 0.1) is 10.1 Å². The van der Waals surface area contributed by atoms with Gasteiger partial charge in [-0.05, 0) is 19.9 Å². The third-order valence-electron chi connectivity index (χ3n) is 2.68. The van der Waals surface area contributed by atoms with Crippen molar-refractivity contribution in [2.45, 2.75) is 18.7 Å². The summed E-state index contributed by atoms with van der Waals surface area (Å²) in [5, 5.41) is 10.8. The van der Waals surface area contributed by atoms with Crippen molar-refractivity contribution in [2.24, 2.45) is 0 Å². The molecule has 104 valence electrons. The summed E-state index contributed by atoms with van der Waals surface area (Å²) in [5.41, 5.74) is -0.215. The largest absolute Gasteiger partial charge is 0.342 e. The average molecular weight is 284 g/mol. The maximum absolute atomic E-state index is 12.1. The smallest absolute Gasteiger partial charge is 0.285 e. The van der Waals surface area contributed by atoms with Gasteiger partial charge in [-0.15, -0.1) is 0 Å². The van der Waals surface area contributed by atoms with Gasteiger partial charge < -0.3 is 4.90 Å². The highest BCUT2D eigenvalue weighted by molar-refractivity contribution is 7.86. The van der Waals surface area contributed by atoms with Crippen LogP contribution >= 0.6 is 0 Å². The third-order valence-corrected chi connectivity index (χ3v) is 4.02. The van der Waals surface area contributed by atoms with Gasteiger partial charge >= 0.3 is 0 Å². The van der Waals surface area contributed by atoms with Crippen LogP contribution < -0.4 is 0 Å². The Morgan fingerprint density at radius 1 is 1.32 bits per heavy atom. The van der Waals surface area contributed by atoms with Gasteiger partial charge in [0, 0.05) is 19.2 Å². The van der Waals surface area contributed by atoms with Gasteiger partial charge in [0.1, 0.15) is 10.6 Å². The number of hydrogen-bond acceptors (Lipinski definition) is 4. The summed E-state index contributed by atoms with van der Waals surface area (Å²) in [5.74, 6) is -0.492. The van der Waals surface area contributed by atoms with Crippen LogP contribution in [0.3, 0.4) is 0 Å². The van der Waals surface area contributed by atoms with Crippen LogP contribution in [-0.2, 0) is 15.6 Å². The van der Waals surface area contributed by atoms with Crippen LogP contribution in [0.5, 0.6) is 0 Å². The normalized spacial score (nSPS) is 11.9. The molecule has 1 aromatic rings. The van der Waals surface area contributed by atoms with Gasteiger partial charge in [-0.3, -0.25) is 19.1 Å². The van der Waals surface area contributed by atoms with Crippen LogP contribution in [0.4, 0.5) is 5.69 Å². The molecule has 0 bridgehead atoms. The molecule has 1 rings (SSSR count). The van der Waals surface area contributed by atoms with E-state index >= 15 is 0 Å². The lowest BCUT2D eigenvalue weighted by molar-refractivity contribution is -0.387. The molecule has 1 amide bonds. The Bertz CT molecular complexity index is 500. The number of benzene rings is 1. The van der Waals surface area contributed by atoms with Gasteiger partial charge in [0.25, 0.3) is 5.69 Å². The highest BCUT2D eigenvalue weighted by Crippen LogP contribution is 2.21. The predicted octanol–water partition coefficient (Wildman–Crippen LogP) is 1.57. The van der Waals surface area contributed by atoms with Gasteiger partial charge in [-0.25, -0.2) is 0 Å². The molecule has 1 atom stereocenters. The molecule has 0 heterocycles. The van der Waals surface area contributed by atoms with Crippen LogP contribution in [0.25, 0.3) is 0 Å². The summed E-state index contributed by atoms with van der Waals surface area (Å²) in [4.78, 5) is 23.7. The predicted molar refractivity (Wildman–Crippen MR) is 72.3 cm³/mol. The van der Waals surface area contributed by atoms with E-state index < -0.39 is 15.7 Å². The molecule has 19 heavy (non-hydrogen) atoms. The lowest BCUT2D eigenvalue weighted by Crippen LogP contribution is -2.34. The average Bonchev–Trinajstić information content (AvgIpc) is 2.40. The summed E-state index contributed by atoms with van der Waals surface area (Å²) in [7, 11) is -1.70. The maximum Gasteiger partial charge on any atom is 0.285 e.